The predicted octanol–water partition coefficient (Wildman–Crippen LogP) is 14.9. The molecule has 0 aliphatic heterocycles. The van der Waals surface area contributed by atoms with E-state index in [4.69, 9.17) is 19.4 Å². The maximum Gasteiger partial charge on any atom is 0.139 e. The summed E-state index contributed by atoms with van der Waals surface area (Å²) in [5, 5.41) is 14.8. The fourth-order valence-corrected chi connectivity index (χ4v) is 8.74. The Bertz CT molecular complexity index is 3410. The molecule has 64 heavy (non-hydrogen) atoms. The van der Waals surface area contributed by atoms with E-state index in [0.29, 0.717) is 28.1 Å². The van der Waals surface area contributed by atoms with E-state index in [1.165, 1.54) is 11.1 Å². The van der Waals surface area contributed by atoms with E-state index in [2.05, 4.69) is 152 Å². The van der Waals surface area contributed by atoms with Crippen molar-refractivity contribution in [3.05, 3.63) is 163 Å². The van der Waals surface area contributed by atoms with Gasteiger partial charge >= 0.3 is 0 Å². The third kappa shape index (κ3) is 7.52. The molecule has 4 aromatic heterocycles. The smallest absolute Gasteiger partial charge is 0.139 e. The van der Waals surface area contributed by atoms with E-state index < -0.39 is 0 Å². The molecule has 7 heteroatoms. The number of nitrogens with zero attached hydrogens (tertiary/aromatic N) is 4. The second-order valence-electron chi connectivity index (χ2n) is 19.9. The van der Waals surface area contributed by atoms with E-state index in [1.807, 2.05) is 55.0 Å². The standard InChI is InChI=1S/C57H51N4O2.Pt/c1-55(2,3)38-21-22-47(42(28-38)34-16-11-10-12-17-34)61-48-33-58-32-46(44-30-45-41-19-13-14-20-50(41)63-51(45)31-49(44)62)53(48)60-54(61)37-24-36(26-39(27-37)56(4,5)6)43-29-40(57(7,8)9)25-35-18-15-23-59-52(35)43;/h10-23,25-33,62H,1-9H3;/q-1;. The van der Waals surface area contributed by atoms with Crippen LogP contribution in [0.25, 0.3) is 94.3 Å². The van der Waals surface area contributed by atoms with E-state index >= 15 is 0 Å². The van der Waals surface area contributed by atoms with Crippen molar-refractivity contribution in [1.29, 1.82) is 0 Å². The van der Waals surface area contributed by atoms with Gasteiger partial charge in [-0.1, -0.05) is 146 Å². The summed E-state index contributed by atoms with van der Waals surface area (Å²) in [6.45, 7) is 20.3. The van der Waals surface area contributed by atoms with Crippen LogP contribution in [-0.4, -0.2) is 24.6 Å². The molecule has 0 aliphatic rings. The molecular weight excluding hydrogens is 968 g/mol. The zero-order chi connectivity index (χ0) is 44.0. The molecule has 0 atom stereocenters. The van der Waals surface area contributed by atoms with Gasteiger partial charge in [0, 0.05) is 78.2 Å². The minimum atomic E-state index is -0.217. The summed E-state index contributed by atoms with van der Waals surface area (Å²) in [5.41, 5.74) is 14.3. The normalized spacial score (nSPS) is 12.4. The summed E-state index contributed by atoms with van der Waals surface area (Å²) in [5.74, 6) is 0.805. The minimum absolute atomic E-state index is 0. The molecule has 0 radical (unpaired) electrons. The number of benzene rings is 6. The van der Waals surface area contributed by atoms with Crippen molar-refractivity contribution in [3.63, 3.8) is 0 Å². The number of pyridine rings is 2. The van der Waals surface area contributed by atoms with Crippen molar-refractivity contribution in [2.75, 3.05) is 0 Å². The fourth-order valence-electron chi connectivity index (χ4n) is 8.74. The van der Waals surface area contributed by atoms with Crippen LogP contribution < -0.4 is 0 Å². The molecule has 4 heterocycles. The molecule has 0 bridgehead atoms. The number of furan rings is 1. The van der Waals surface area contributed by atoms with Gasteiger partial charge in [0.25, 0.3) is 0 Å². The minimum Gasteiger partial charge on any atom is -0.507 e. The molecule has 0 unspecified atom stereocenters. The van der Waals surface area contributed by atoms with Crippen LogP contribution in [0.15, 0.2) is 144 Å². The molecule has 322 valence electrons. The number of imidazole rings is 1. The zero-order valence-electron chi connectivity index (χ0n) is 37.7. The van der Waals surface area contributed by atoms with Gasteiger partial charge in [0.2, 0.25) is 0 Å². The van der Waals surface area contributed by atoms with Gasteiger partial charge in [0.15, 0.2) is 0 Å². The van der Waals surface area contributed by atoms with Gasteiger partial charge in [-0.05, 0) is 68.7 Å². The number of aromatic hydroxyl groups is 1. The van der Waals surface area contributed by atoms with E-state index in [9.17, 15) is 5.11 Å². The summed E-state index contributed by atoms with van der Waals surface area (Å²) >= 11 is 0. The van der Waals surface area contributed by atoms with Gasteiger partial charge in [0.1, 0.15) is 16.9 Å². The molecule has 6 aromatic carbocycles. The monoisotopic (exact) mass is 1020 g/mol. The predicted molar refractivity (Wildman–Crippen MR) is 260 cm³/mol. The Morgan fingerprint density at radius 1 is 0.562 bits per heavy atom. The molecular formula is C57H51N4O2Pt-. The Kier molecular flexibility index (Phi) is 10.5. The van der Waals surface area contributed by atoms with E-state index in [0.717, 1.165) is 71.8 Å². The van der Waals surface area contributed by atoms with Crippen LogP contribution in [0, 0.1) is 6.07 Å². The van der Waals surface area contributed by atoms with Crippen molar-refractivity contribution in [2.45, 2.75) is 78.6 Å². The second-order valence-corrected chi connectivity index (χ2v) is 19.9. The van der Waals surface area contributed by atoms with Gasteiger partial charge in [-0.2, -0.15) is 0 Å². The van der Waals surface area contributed by atoms with Crippen molar-refractivity contribution < 1.29 is 30.6 Å². The van der Waals surface area contributed by atoms with Gasteiger partial charge in [-0.25, -0.2) is 0 Å². The Morgan fingerprint density at radius 2 is 1.25 bits per heavy atom. The van der Waals surface area contributed by atoms with Crippen molar-refractivity contribution in [3.8, 4) is 56.2 Å². The van der Waals surface area contributed by atoms with Crippen LogP contribution in [0.2, 0.25) is 0 Å². The topological polar surface area (TPSA) is 77.0 Å². The second kappa shape index (κ2) is 15.7. The third-order valence-electron chi connectivity index (χ3n) is 12.4. The summed E-state index contributed by atoms with van der Waals surface area (Å²) in [6.07, 6.45) is 5.57. The molecule has 10 rings (SSSR count). The van der Waals surface area contributed by atoms with Crippen LogP contribution in [0.1, 0.15) is 79.0 Å². The molecule has 0 amide bonds. The van der Waals surface area contributed by atoms with Gasteiger partial charge in [-0.3, -0.25) is 15.0 Å². The maximum absolute atomic E-state index is 11.8. The first-order valence-electron chi connectivity index (χ1n) is 21.7. The quantitative estimate of drug-likeness (QED) is 0.174. The number of aromatic nitrogens is 4. The van der Waals surface area contributed by atoms with Crippen molar-refractivity contribution >= 4 is 43.9 Å². The number of para-hydroxylation sites is 1. The largest absolute Gasteiger partial charge is 0.507 e. The molecule has 1 N–H and O–H groups in total. The molecule has 0 saturated heterocycles. The number of fused-ring (bicyclic) bond motifs is 5. The van der Waals surface area contributed by atoms with Crippen LogP contribution in [0.4, 0.5) is 0 Å². The molecule has 6 nitrogen and oxygen atoms in total. The Balaban J connectivity index is 0.00000518. The summed E-state index contributed by atoms with van der Waals surface area (Å²) in [7, 11) is 0. The average Bonchev–Trinajstić information content (AvgIpc) is 3.83. The molecule has 10 aromatic rings. The van der Waals surface area contributed by atoms with Gasteiger partial charge in [-0.15, -0.1) is 29.3 Å². The number of hydrogen-bond acceptors (Lipinski definition) is 5. The third-order valence-corrected chi connectivity index (χ3v) is 12.4. The Labute approximate surface area is 389 Å². The zero-order valence-corrected chi connectivity index (χ0v) is 40.0. The summed E-state index contributed by atoms with van der Waals surface area (Å²) in [6, 6.07) is 46.2. The summed E-state index contributed by atoms with van der Waals surface area (Å²) < 4.78 is 8.42. The molecule has 0 fully saturated rings. The Hall–Kier alpha value is -6.36. The van der Waals surface area contributed by atoms with E-state index in [1.54, 1.807) is 6.07 Å². The number of phenolic OH excluding ortho intramolecular Hbond substituents is 1. The van der Waals surface area contributed by atoms with Crippen molar-refractivity contribution in [1.82, 2.24) is 19.5 Å². The van der Waals surface area contributed by atoms with Gasteiger partial charge in [0.05, 0.1) is 23.1 Å². The fraction of sp³-hybridized carbons (Fsp3) is 0.211. The van der Waals surface area contributed by atoms with Gasteiger partial charge < -0.3 is 14.1 Å². The first-order valence-corrected chi connectivity index (χ1v) is 21.7. The average molecular weight is 1020 g/mol. The number of hydrogen-bond donors (Lipinski definition) is 1. The maximum atomic E-state index is 11.8. The summed E-state index contributed by atoms with van der Waals surface area (Å²) in [4.78, 5) is 15.5. The van der Waals surface area contributed by atoms with Crippen LogP contribution in [0.3, 0.4) is 0 Å². The van der Waals surface area contributed by atoms with Crippen LogP contribution in [0.5, 0.6) is 5.75 Å². The molecule has 0 saturated carbocycles. The SMILES string of the molecule is CC(C)(C)c1cc(-c2cc(C(C)(C)C)cc3cccnc23)[c-]c(-c2nc3c(-c4cc5c(cc4O)oc4ccccc45)cncc3n2-c2ccc(C(C)(C)C)cc2-c2ccccc2)c1.[Pt]. The van der Waals surface area contributed by atoms with Crippen LogP contribution in [-0.2, 0) is 37.3 Å². The molecule has 0 aliphatic carbocycles. The molecule has 0 spiro atoms. The number of phenols is 1. The van der Waals surface area contributed by atoms with E-state index in [-0.39, 0.29) is 43.1 Å². The first kappa shape index (κ1) is 42.9. The number of rotatable bonds is 5. The van der Waals surface area contributed by atoms with Crippen molar-refractivity contribution in [2.24, 2.45) is 0 Å². The van der Waals surface area contributed by atoms with Crippen LogP contribution >= 0.6 is 0 Å². The Morgan fingerprint density at radius 3 is 2.00 bits per heavy atom. The first-order chi connectivity index (χ1) is 30.0.